The van der Waals surface area contributed by atoms with Gasteiger partial charge in [0.05, 0.1) is 6.04 Å². The molecule has 0 fully saturated rings. The van der Waals surface area contributed by atoms with Gasteiger partial charge in [-0.1, -0.05) is 18.2 Å². The van der Waals surface area contributed by atoms with E-state index in [-0.39, 0.29) is 17.5 Å². The Morgan fingerprint density at radius 1 is 1.26 bits per heavy atom. The molecular formula is C14H18FN3O. The van der Waals surface area contributed by atoms with Crippen molar-refractivity contribution in [2.24, 2.45) is 0 Å². The van der Waals surface area contributed by atoms with E-state index in [0.717, 1.165) is 0 Å². The Labute approximate surface area is 111 Å². The Morgan fingerprint density at radius 3 is 2.53 bits per heavy atom. The number of hydrogen-bond donors (Lipinski definition) is 1. The lowest BCUT2D eigenvalue weighted by atomic mass is 10.1. The number of imidazole rings is 1. The van der Waals surface area contributed by atoms with Crippen molar-refractivity contribution in [2.45, 2.75) is 26.1 Å². The van der Waals surface area contributed by atoms with Crippen LogP contribution in [-0.4, -0.2) is 16.2 Å². The number of aryl methyl sites for hydroxylation is 1. The summed E-state index contributed by atoms with van der Waals surface area (Å²) in [7, 11) is 1.76. The Bertz CT molecular complexity index is 603. The topological polar surface area (TPSA) is 39.0 Å². The van der Waals surface area contributed by atoms with Gasteiger partial charge in [-0.3, -0.25) is 9.13 Å². The molecule has 1 aromatic heterocycles. The van der Waals surface area contributed by atoms with Crippen molar-refractivity contribution >= 4 is 0 Å². The Kier molecular flexibility index (Phi) is 4.16. The second-order valence-corrected chi connectivity index (χ2v) is 4.38. The molecule has 0 amide bonds. The van der Waals surface area contributed by atoms with Crippen molar-refractivity contribution in [3.8, 4) is 0 Å². The first-order chi connectivity index (χ1) is 9.17. The molecule has 1 unspecified atom stereocenters. The highest BCUT2D eigenvalue weighted by molar-refractivity contribution is 5.21. The summed E-state index contributed by atoms with van der Waals surface area (Å²) >= 11 is 0. The number of halogens is 1. The Balaban J connectivity index is 2.27. The first-order valence-electron chi connectivity index (χ1n) is 6.34. The number of aromatic nitrogens is 2. The summed E-state index contributed by atoms with van der Waals surface area (Å²) in [5.74, 6) is -0.259. The van der Waals surface area contributed by atoms with Crippen LogP contribution >= 0.6 is 0 Å². The molecule has 0 aliphatic carbocycles. The van der Waals surface area contributed by atoms with Crippen LogP contribution < -0.4 is 11.0 Å². The molecule has 0 spiro atoms. The van der Waals surface area contributed by atoms with E-state index in [1.165, 1.54) is 6.07 Å². The Hall–Kier alpha value is -1.88. The van der Waals surface area contributed by atoms with Crippen molar-refractivity contribution in [3.05, 3.63) is 58.5 Å². The van der Waals surface area contributed by atoms with Gasteiger partial charge in [0, 0.05) is 31.0 Å². The van der Waals surface area contributed by atoms with Gasteiger partial charge >= 0.3 is 5.69 Å². The van der Waals surface area contributed by atoms with Gasteiger partial charge in [0.25, 0.3) is 0 Å². The van der Waals surface area contributed by atoms with Crippen LogP contribution in [0.4, 0.5) is 4.39 Å². The van der Waals surface area contributed by atoms with Crippen LogP contribution in [0.3, 0.4) is 0 Å². The van der Waals surface area contributed by atoms with Gasteiger partial charge in [-0.15, -0.1) is 0 Å². The van der Waals surface area contributed by atoms with Gasteiger partial charge in [-0.25, -0.2) is 9.18 Å². The summed E-state index contributed by atoms with van der Waals surface area (Å²) in [5, 5.41) is 3.05. The van der Waals surface area contributed by atoms with E-state index in [1.54, 1.807) is 46.8 Å². The largest absolute Gasteiger partial charge is 0.328 e. The van der Waals surface area contributed by atoms with Crippen LogP contribution in [0.1, 0.15) is 18.5 Å². The van der Waals surface area contributed by atoms with E-state index in [1.807, 2.05) is 6.92 Å². The summed E-state index contributed by atoms with van der Waals surface area (Å²) in [4.78, 5) is 12.0. The molecule has 2 rings (SSSR count). The quantitative estimate of drug-likeness (QED) is 0.893. The fourth-order valence-corrected chi connectivity index (χ4v) is 2.13. The second-order valence-electron chi connectivity index (χ2n) is 4.38. The lowest BCUT2D eigenvalue weighted by molar-refractivity contribution is 0.463. The zero-order chi connectivity index (χ0) is 13.8. The lowest BCUT2D eigenvalue weighted by Crippen LogP contribution is -2.30. The van der Waals surface area contributed by atoms with Gasteiger partial charge in [-0.2, -0.15) is 0 Å². The summed E-state index contributed by atoms with van der Waals surface area (Å²) in [6.07, 6.45) is 3.48. The fourth-order valence-electron chi connectivity index (χ4n) is 2.13. The minimum absolute atomic E-state index is 0.0703. The summed E-state index contributed by atoms with van der Waals surface area (Å²) < 4.78 is 17.0. The lowest BCUT2D eigenvalue weighted by Gasteiger charge is -2.17. The maximum atomic E-state index is 13.8. The average molecular weight is 263 g/mol. The molecule has 5 heteroatoms. The van der Waals surface area contributed by atoms with E-state index < -0.39 is 0 Å². The van der Waals surface area contributed by atoms with Crippen LogP contribution in [0.5, 0.6) is 0 Å². The smallest absolute Gasteiger partial charge is 0.311 e. The molecule has 0 saturated heterocycles. The summed E-state index contributed by atoms with van der Waals surface area (Å²) in [5.41, 5.74) is 0.500. The van der Waals surface area contributed by atoms with E-state index in [2.05, 4.69) is 5.32 Å². The summed E-state index contributed by atoms with van der Waals surface area (Å²) in [6, 6.07) is 6.39. The molecule has 1 aromatic carbocycles. The van der Waals surface area contributed by atoms with Gasteiger partial charge in [0.1, 0.15) is 5.82 Å². The molecule has 19 heavy (non-hydrogen) atoms. The molecule has 2 aromatic rings. The number of nitrogens with zero attached hydrogens (tertiary/aromatic N) is 2. The first kappa shape index (κ1) is 13.5. The predicted octanol–water partition coefficient (Wildman–Crippen LogP) is 1.77. The highest BCUT2D eigenvalue weighted by Crippen LogP contribution is 2.17. The molecule has 4 nitrogen and oxygen atoms in total. The van der Waals surface area contributed by atoms with E-state index in [0.29, 0.717) is 18.7 Å². The monoisotopic (exact) mass is 263 g/mol. The highest BCUT2D eigenvalue weighted by Gasteiger charge is 2.15. The van der Waals surface area contributed by atoms with Gasteiger partial charge in [0.2, 0.25) is 0 Å². The second kappa shape index (κ2) is 5.84. The highest BCUT2D eigenvalue weighted by atomic mass is 19.1. The van der Waals surface area contributed by atoms with Gasteiger partial charge < -0.3 is 5.32 Å². The van der Waals surface area contributed by atoms with Crippen molar-refractivity contribution in [2.75, 3.05) is 7.05 Å². The molecule has 0 aliphatic heterocycles. The molecule has 102 valence electrons. The first-order valence-corrected chi connectivity index (χ1v) is 6.34. The van der Waals surface area contributed by atoms with Crippen LogP contribution in [0, 0.1) is 5.82 Å². The zero-order valence-electron chi connectivity index (χ0n) is 11.1. The minimum Gasteiger partial charge on any atom is -0.311 e. The van der Waals surface area contributed by atoms with Crippen molar-refractivity contribution in [1.29, 1.82) is 0 Å². The third kappa shape index (κ3) is 2.76. The third-order valence-corrected chi connectivity index (χ3v) is 3.27. The van der Waals surface area contributed by atoms with Crippen LogP contribution in [-0.2, 0) is 13.1 Å². The Morgan fingerprint density at radius 2 is 1.95 bits per heavy atom. The van der Waals surface area contributed by atoms with Gasteiger partial charge in [-0.05, 0) is 20.0 Å². The van der Waals surface area contributed by atoms with Crippen molar-refractivity contribution in [1.82, 2.24) is 14.5 Å². The van der Waals surface area contributed by atoms with Gasteiger partial charge in [0.15, 0.2) is 0 Å². The number of likely N-dealkylation sites (N-methyl/N-ethyl adjacent to an activating group) is 1. The molecule has 0 bridgehead atoms. The normalized spacial score (nSPS) is 12.6. The maximum Gasteiger partial charge on any atom is 0.328 e. The summed E-state index contributed by atoms with van der Waals surface area (Å²) in [6.45, 7) is 2.96. The van der Waals surface area contributed by atoms with Crippen LogP contribution in [0.2, 0.25) is 0 Å². The van der Waals surface area contributed by atoms with Crippen molar-refractivity contribution < 1.29 is 4.39 Å². The third-order valence-electron chi connectivity index (χ3n) is 3.27. The van der Waals surface area contributed by atoms with Crippen LogP contribution in [0.25, 0.3) is 0 Å². The number of hydrogen-bond acceptors (Lipinski definition) is 2. The number of rotatable bonds is 5. The number of benzene rings is 1. The van der Waals surface area contributed by atoms with E-state index >= 15 is 0 Å². The predicted molar refractivity (Wildman–Crippen MR) is 72.6 cm³/mol. The molecule has 1 heterocycles. The maximum absolute atomic E-state index is 13.8. The molecule has 1 atom stereocenters. The van der Waals surface area contributed by atoms with Crippen LogP contribution in [0.15, 0.2) is 41.5 Å². The van der Waals surface area contributed by atoms with E-state index in [4.69, 9.17) is 0 Å². The standard InChI is InChI=1S/C14H18FN3O/c1-3-17-8-9-18(14(17)19)10-13(16-2)11-6-4-5-7-12(11)15/h4-9,13,16H,3,10H2,1-2H3. The zero-order valence-corrected chi connectivity index (χ0v) is 11.1. The number of nitrogens with one attached hydrogen (secondary N) is 1. The van der Waals surface area contributed by atoms with Crippen molar-refractivity contribution in [3.63, 3.8) is 0 Å². The molecule has 1 N–H and O–H groups in total. The minimum atomic E-state index is -0.259. The molecule has 0 radical (unpaired) electrons. The fraction of sp³-hybridized carbons (Fsp3) is 0.357. The molecular weight excluding hydrogens is 245 g/mol. The molecule has 0 aliphatic rings. The average Bonchev–Trinajstić information content (AvgIpc) is 2.77. The van der Waals surface area contributed by atoms with E-state index in [9.17, 15) is 9.18 Å². The SMILES string of the molecule is CCn1ccn(CC(NC)c2ccccc2F)c1=O. The molecule has 0 saturated carbocycles.